The van der Waals surface area contributed by atoms with E-state index in [1.54, 1.807) is 0 Å². The number of H-pyrrole nitrogens is 2. The Morgan fingerprint density at radius 3 is 1.27 bits per heavy atom. The van der Waals surface area contributed by atoms with Crippen LogP contribution in [0.1, 0.15) is 11.1 Å². The van der Waals surface area contributed by atoms with E-state index < -0.39 is 11.9 Å². The monoisotopic (exact) mass is 516 g/mol. The first-order valence-corrected chi connectivity index (χ1v) is 11.1. The summed E-state index contributed by atoms with van der Waals surface area (Å²) in [6.07, 6.45) is 8.90. The molecule has 6 nitrogen and oxygen atoms in total. The number of aromatic nitrogens is 2. The van der Waals surface area contributed by atoms with Gasteiger partial charge in [-0.3, -0.25) is 0 Å². The van der Waals surface area contributed by atoms with Crippen LogP contribution in [0.3, 0.4) is 0 Å². The van der Waals surface area contributed by atoms with Crippen LogP contribution in [0.2, 0.25) is 0 Å². The summed E-state index contributed by atoms with van der Waals surface area (Å²) in [6, 6.07) is 30.9. The number of aliphatic carboxylic acids is 2. The van der Waals surface area contributed by atoms with E-state index in [1.807, 2.05) is 85.2 Å². The number of nitrogens with one attached hydrogen (secondary N) is 2. The van der Waals surface area contributed by atoms with Crippen molar-refractivity contribution in [3.63, 3.8) is 0 Å². The summed E-state index contributed by atoms with van der Waals surface area (Å²) >= 11 is 0. The molecule has 178 valence electrons. The zero-order chi connectivity index (χ0) is 25.6. The summed E-state index contributed by atoms with van der Waals surface area (Å²) in [6.45, 7) is 0. The Morgan fingerprint density at radius 2 is 0.919 bits per heavy atom. The molecule has 0 spiro atoms. The summed E-state index contributed by atoms with van der Waals surface area (Å²) < 4.78 is 0. The van der Waals surface area contributed by atoms with Crippen molar-refractivity contribution >= 4 is 83.6 Å². The van der Waals surface area contributed by atoms with Crippen LogP contribution in [0.25, 0.3) is 34.0 Å². The van der Waals surface area contributed by atoms with Crippen molar-refractivity contribution in [1.82, 2.24) is 0 Å². The number of carboxylic acids is 2. The molecule has 2 aromatic heterocycles. The number of rotatable bonds is 4. The first-order valence-electron chi connectivity index (χ1n) is 11.1. The minimum absolute atomic E-state index is 0. The molecule has 0 fully saturated rings. The summed E-state index contributed by atoms with van der Waals surface area (Å²) in [7, 11) is 0. The fourth-order valence-corrected chi connectivity index (χ4v) is 3.25. The SMILES string of the molecule is O=C([O-])/C=C/c1ccccc1.O=C([O-])/C=C/c1ccccc1.[Ca+2].c1c[nH+]c2c(c1)ccc1ccc[nH+]c12. The molecule has 5 rings (SSSR count). The first kappa shape index (κ1) is 29.4. The number of aromatic amines is 2. The van der Waals surface area contributed by atoms with Gasteiger partial charge in [0.2, 0.25) is 0 Å². The zero-order valence-corrected chi connectivity index (χ0v) is 22.3. The van der Waals surface area contributed by atoms with E-state index in [9.17, 15) is 19.8 Å². The van der Waals surface area contributed by atoms with Gasteiger partial charge >= 0.3 is 37.7 Å². The molecule has 0 atom stereocenters. The molecule has 3 aromatic carbocycles. The average molecular weight is 517 g/mol. The molecule has 0 aliphatic rings. The maximum atomic E-state index is 9.97. The average Bonchev–Trinajstić information content (AvgIpc) is 2.92. The van der Waals surface area contributed by atoms with E-state index in [0.29, 0.717) is 0 Å². The van der Waals surface area contributed by atoms with Gasteiger partial charge in [0.05, 0.1) is 22.7 Å². The van der Waals surface area contributed by atoms with E-state index in [-0.39, 0.29) is 37.7 Å². The van der Waals surface area contributed by atoms with Gasteiger partial charge in [-0.25, -0.2) is 9.97 Å². The van der Waals surface area contributed by atoms with Crippen LogP contribution in [0.4, 0.5) is 0 Å². The van der Waals surface area contributed by atoms with Crippen molar-refractivity contribution in [2.45, 2.75) is 0 Å². The van der Waals surface area contributed by atoms with Gasteiger partial charge in [-0.05, 0) is 47.5 Å². The van der Waals surface area contributed by atoms with Crippen molar-refractivity contribution in [1.29, 1.82) is 0 Å². The molecule has 0 saturated carbocycles. The van der Waals surface area contributed by atoms with Gasteiger partial charge in [-0.1, -0.05) is 72.8 Å². The fraction of sp³-hybridized carbons (Fsp3) is 0. The predicted molar refractivity (Wildman–Crippen MR) is 141 cm³/mol. The molecule has 0 unspecified atom stereocenters. The Labute approximate surface area is 244 Å². The molecule has 0 radical (unpaired) electrons. The quantitative estimate of drug-likeness (QED) is 0.207. The molecule has 2 N–H and O–H groups in total. The van der Waals surface area contributed by atoms with Gasteiger partial charge in [0, 0.05) is 12.1 Å². The summed E-state index contributed by atoms with van der Waals surface area (Å²) in [5, 5.41) is 22.4. The molecular weight excluding hydrogens is 492 g/mol. The van der Waals surface area contributed by atoms with Gasteiger partial charge < -0.3 is 19.8 Å². The summed E-state index contributed by atoms with van der Waals surface area (Å²) in [5.41, 5.74) is 4.03. The normalized spacial score (nSPS) is 10.2. The summed E-state index contributed by atoms with van der Waals surface area (Å²) in [4.78, 5) is 26.5. The van der Waals surface area contributed by atoms with Gasteiger partial charge in [0.15, 0.2) is 12.4 Å². The topological polar surface area (TPSA) is 109 Å². The molecule has 0 aliphatic carbocycles. The second-order valence-corrected chi connectivity index (χ2v) is 7.46. The first-order chi connectivity index (χ1) is 17.5. The molecule has 0 aliphatic heterocycles. The zero-order valence-electron chi connectivity index (χ0n) is 20.0. The Bertz CT molecular complexity index is 1370. The van der Waals surface area contributed by atoms with Crippen molar-refractivity contribution in [2.24, 2.45) is 0 Å². The van der Waals surface area contributed by atoms with Crippen molar-refractivity contribution in [2.75, 3.05) is 0 Å². The number of carbonyl (C=O) groups excluding carboxylic acids is 2. The standard InChI is InChI=1S/C12H8N2.2C9H8O2.Ca/c1-3-9-5-6-10-4-2-8-14-12(10)11(9)13-7-1;2*10-9(11)7-6-8-4-2-1-3-5-8;/h1-8H;2*1-7H,(H,10,11);/q;;;+2/b;2*7-6+;. The molecule has 0 amide bonds. The number of carboxylic acid groups (broad SMARTS) is 2. The third kappa shape index (κ3) is 10.4. The van der Waals surface area contributed by atoms with Crippen molar-refractivity contribution in [3.05, 3.63) is 133 Å². The van der Waals surface area contributed by atoms with E-state index in [4.69, 9.17) is 0 Å². The van der Waals surface area contributed by atoms with Gasteiger partial charge in [0.1, 0.15) is 0 Å². The second kappa shape index (κ2) is 16.0. The number of benzene rings is 3. The van der Waals surface area contributed by atoms with Crippen molar-refractivity contribution in [3.8, 4) is 0 Å². The molecule has 0 saturated heterocycles. The third-order valence-electron chi connectivity index (χ3n) is 4.89. The van der Waals surface area contributed by atoms with Crippen molar-refractivity contribution < 1.29 is 29.8 Å². The van der Waals surface area contributed by atoms with Gasteiger partial charge in [-0.15, -0.1) is 0 Å². The molecule has 5 aromatic rings. The molecule has 2 heterocycles. The van der Waals surface area contributed by atoms with E-state index in [1.165, 1.54) is 22.9 Å². The number of hydrogen-bond acceptors (Lipinski definition) is 4. The van der Waals surface area contributed by atoms with Crippen LogP contribution < -0.4 is 20.2 Å². The van der Waals surface area contributed by atoms with Gasteiger partial charge in [-0.2, -0.15) is 0 Å². The second-order valence-electron chi connectivity index (χ2n) is 7.46. The Balaban J connectivity index is 0.000000195. The smallest absolute Gasteiger partial charge is 0.545 e. The maximum absolute atomic E-state index is 9.97. The number of fused-ring (bicyclic) bond motifs is 3. The molecule has 37 heavy (non-hydrogen) atoms. The Hall–Kier alpha value is -3.84. The molecule has 7 heteroatoms. The minimum atomic E-state index is -1.17. The number of carbonyl (C=O) groups is 2. The van der Waals surface area contributed by atoms with E-state index in [2.05, 4.69) is 34.2 Å². The van der Waals surface area contributed by atoms with Crippen LogP contribution in [0.15, 0.2) is 122 Å². The van der Waals surface area contributed by atoms with Crippen LogP contribution in [0.5, 0.6) is 0 Å². The number of pyridine rings is 2. The molecular formula is C30H24CaN2O4+2. The minimum Gasteiger partial charge on any atom is -0.545 e. The van der Waals surface area contributed by atoms with E-state index >= 15 is 0 Å². The van der Waals surface area contributed by atoms with Crippen LogP contribution in [-0.2, 0) is 9.59 Å². The van der Waals surface area contributed by atoms with Crippen LogP contribution in [-0.4, -0.2) is 49.7 Å². The largest absolute Gasteiger partial charge is 2.00 e. The van der Waals surface area contributed by atoms with Gasteiger partial charge in [0.25, 0.3) is 11.0 Å². The maximum Gasteiger partial charge on any atom is 2.00 e. The van der Waals surface area contributed by atoms with Crippen LogP contribution in [0, 0.1) is 0 Å². The third-order valence-corrected chi connectivity index (χ3v) is 4.89. The Kier molecular flexibility index (Phi) is 12.7. The molecule has 0 bridgehead atoms. The Morgan fingerprint density at radius 1 is 0.541 bits per heavy atom. The number of hydrogen-bond donors (Lipinski definition) is 0. The predicted octanol–water partition coefficient (Wildman–Crippen LogP) is 2.14. The van der Waals surface area contributed by atoms with Crippen LogP contribution >= 0.6 is 0 Å². The summed E-state index contributed by atoms with van der Waals surface area (Å²) in [5.74, 6) is -2.34. The van der Waals surface area contributed by atoms with E-state index in [0.717, 1.165) is 34.3 Å². The fourth-order valence-electron chi connectivity index (χ4n) is 3.25.